The van der Waals surface area contributed by atoms with Crippen LogP contribution in [0.5, 0.6) is 0 Å². The van der Waals surface area contributed by atoms with E-state index in [1.165, 1.54) is 29.5 Å². The molecule has 2 aromatic heterocycles. The Morgan fingerprint density at radius 3 is 2.81 bits per heavy atom. The Morgan fingerprint density at radius 2 is 2.11 bits per heavy atom. The molecule has 3 aromatic rings. The third-order valence-corrected chi connectivity index (χ3v) is 6.16. The Bertz CT molecular complexity index is 1060. The average molecular weight is 408 g/mol. The number of aryl methyl sites for hydroxylation is 1. The number of carbonyl (C=O) groups excluding carboxylic acids is 1. The van der Waals surface area contributed by atoms with Crippen LogP contribution in [-0.4, -0.2) is 34.8 Å². The van der Waals surface area contributed by atoms with Crippen LogP contribution >= 0.6 is 11.3 Å². The lowest BCUT2D eigenvalue weighted by Crippen LogP contribution is -2.19. The number of nitrogens with one attached hydrogen (secondary N) is 1. The van der Waals surface area contributed by atoms with Gasteiger partial charge in [0.25, 0.3) is 0 Å². The minimum absolute atomic E-state index is 0.0283. The van der Waals surface area contributed by atoms with Crippen LogP contribution in [0, 0.1) is 5.82 Å². The maximum Gasteiger partial charge on any atom is 0.225 e. The summed E-state index contributed by atoms with van der Waals surface area (Å²) in [6, 6.07) is 5.71. The highest BCUT2D eigenvalue weighted by atomic mass is 32.2. The van der Waals surface area contributed by atoms with Crippen LogP contribution in [0.4, 0.5) is 10.1 Å². The van der Waals surface area contributed by atoms with Crippen molar-refractivity contribution in [1.82, 2.24) is 14.8 Å². The Balaban J connectivity index is 1.57. The first-order valence-electron chi connectivity index (χ1n) is 8.00. The Kier molecular flexibility index (Phi) is 5.66. The number of hydrogen-bond donors (Lipinski definition) is 1. The van der Waals surface area contributed by atoms with Crippen LogP contribution in [0.1, 0.15) is 12.1 Å². The molecular weight excluding hydrogens is 391 g/mol. The molecule has 0 spiro atoms. The van der Waals surface area contributed by atoms with E-state index in [1.807, 2.05) is 0 Å². The van der Waals surface area contributed by atoms with Crippen molar-refractivity contribution in [3.8, 4) is 10.6 Å². The van der Waals surface area contributed by atoms with Crippen LogP contribution in [0.15, 0.2) is 42.0 Å². The van der Waals surface area contributed by atoms with Crippen molar-refractivity contribution in [2.75, 3.05) is 11.1 Å². The molecule has 0 radical (unpaired) electrons. The van der Waals surface area contributed by atoms with E-state index < -0.39 is 21.6 Å². The minimum Gasteiger partial charge on any atom is -0.324 e. The van der Waals surface area contributed by atoms with E-state index in [-0.39, 0.29) is 23.6 Å². The normalized spacial score (nSPS) is 11.5. The molecule has 0 fully saturated rings. The number of nitrogens with zero attached hydrogens (tertiary/aromatic N) is 3. The topological polar surface area (TPSA) is 94.0 Å². The molecule has 0 bridgehead atoms. The first-order valence-corrected chi connectivity index (χ1v) is 10.7. The minimum atomic E-state index is -3.53. The van der Waals surface area contributed by atoms with Gasteiger partial charge in [-0.15, -0.1) is 11.3 Å². The van der Waals surface area contributed by atoms with Gasteiger partial charge in [0.1, 0.15) is 10.8 Å². The summed E-state index contributed by atoms with van der Waals surface area (Å²) in [5, 5.41) is 8.80. The van der Waals surface area contributed by atoms with E-state index in [4.69, 9.17) is 0 Å². The maximum absolute atomic E-state index is 13.5. The summed E-state index contributed by atoms with van der Waals surface area (Å²) < 4.78 is 39.7. The van der Waals surface area contributed by atoms with Gasteiger partial charge in [-0.05, 0) is 12.1 Å². The zero-order valence-corrected chi connectivity index (χ0v) is 16.1. The molecule has 7 nitrogen and oxygen atoms in total. The summed E-state index contributed by atoms with van der Waals surface area (Å²) in [5.74, 6) is -1.72. The number of aromatic nitrogens is 3. The van der Waals surface area contributed by atoms with Crippen molar-refractivity contribution in [3.05, 3.63) is 53.6 Å². The fourth-order valence-corrected chi connectivity index (χ4v) is 4.50. The zero-order valence-electron chi connectivity index (χ0n) is 14.4. The molecule has 2 heterocycles. The lowest BCUT2D eigenvalue weighted by molar-refractivity contribution is -0.115. The molecule has 1 amide bonds. The number of carbonyl (C=O) groups is 1. The molecule has 27 heavy (non-hydrogen) atoms. The van der Waals surface area contributed by atoms with E-state index in [0.29, 0.717) is 10.7 Å². The lowest BCUT2D eigenvalue weighted by atomic mass is 10.3. The summed E-state index contributed by atoms with van der Waals surface area (Å²) in [6.45, 7) is 0. The average Bonchev–Trinajstić information content (AvgIpc) is 3.24. The number of benzene rings is 1. The van der Waals surface area contributed by atoms with Crippen molar-refractivity contribution in [3.63, 3.8) is 0 Å². The van der Waals surface area contributed by atoms with Crippen LogP contribution in [-0.2, 0) is 27.4 Å². The van der Waals surface area contributed by atoms with Crippen molar-refractivity contribution >= 4 is 32.8 Å². The molecule has 0 aliphatic rings. The predicted octanol–water partition coefficient (Wildman–Crippen LogP) is 2.63. The number of hydrogen-bond acceptors (Lipinski definition) is 6. The Labute approximate surface area is 159 Å². The SMILES string of the molecule is Cn1cc(-c2nc(CS(=O)(=O)CCC(=O)Nc3ccccc3F)cs2)cn1. The predicted molar refractivity (Wildman–Crippen MR) is 101 cm³/mol. The molecule has 1 aromatic carbocycles. The van der Waals surface area contributed by atoms with E-state index >= 15 is 0 Å². The van der Waals surface area contributed by atoms with Crippen molar-refractivity contribution in [2.45, 2.75) is 12.2 Å². The number of anilines is 1. The second-order valence-corrected chi connectivity index (χ2v) is 8.96. The highest BCUT2D eigenvalue weighted by Gasteiger charge is 2.18. The van der Waals surface area contributed by atoms with E-state index in [0.717, 1.165) is 5.56 Å². The second kappa shape index (κ2) is 7.97. The summed E-state index contributed by atoms with van der Waals surface area (Å²) in [5.41, 5.74) is 1.27. The highest BCUT2D eigenvalue weighted by molar-refractivity contribution is 7.90. The van der Waals surface area contributed by atoms with Crippen molar-refractivity contribution in [2.24, 2.45) is 7.05 Å². The van der Waals surface area contributed by atoms with Gasteiger partial charge in [0.05, 0.1) is 29.1 Å². The number of halogens is 1. The monoisotopic (exact) mass is 408 g/mol. The van der Waals surface area contributed by atoms with Crippen LogP contribution < -0.4 is 5.32 Å². The molecule has 0 saturated heterocycles. The van der Waals surface area contributed by atoms with Gasteiger partial charge in [0, 0.05) is 30.6 Å². The first-order chi connectivity index (χ1) is 12.8. The van der Waals surface area contributed by atoms with Gasteiger partial charge in [-0.25, -0.2) is 17.8 Å². The molecule has 0 atom stereocenters. The molecule has 142 valence electrons. The van der Waals surface area contributed by atoms with Crippen LogP contribution in [0.3, 0.4) is 0 Å². The molecule has 0 aliphatic heterocycles. The number of amides is 1. The van der Waals surface area contributed by atoms with E-state index in [2.05, 4.69) is 15.4 Å². The van der Waals surface area contributed by atoms with Gasteiger partial charge in [0.15, 0.2) is 9.84 Å². The lowest BCUT2D eigenvalue weighted by Gasteiger charge is -2.06. The van der Waals surface area contributed by atoms with Gasteiger partial charge in [0.2, 0.25) is 5.91 Å². The number of para-hydroxylation sites is 1. The molecule has 0 saturated carbocycles. The van der Waals surface area contributed by atoms with E-state index in [9.17, 15) is 17.6 Å². The van der Waals surface area contributed by atoms with Gasteiger partial charge in [-0.3, -0.25) is 9.48 Å². The molecular formula is C17H17FN4O3S2. The maximum atomic E-state index is 13.5. The molecule has 3 rings (SSSR count). The van der Waals surface area contributed by atoms with E-state index in [1.54, 1.807) is 35.6 Å². The smallest absolute Gasteiger partial charge is 0.225 e. The molecule has 10 heteroatoms. The Morgan fingerprint density at radius 1 is 1.33 bits per heavy atom. The zero-order chi connectivity index (χ0) is 19.4. The molecule has 0 aliphatic carbocycles. The van der Waals surface area contributed by atoms with Gasteiger partial charge >= 0.3 is 0 Å². The third kappa shape index (κ3) is 5.20. The fourth-order valence-electron chi connectivity index (χ4n) is 2.36. The van der Waals surface area contributed by atoms with Crippen molar-refractivity contribution in [1.29, 1.82) is 0 Å². The number of sulfone groups is 1. The summed E-state index contributed by atoms with van der Waals surface area (Å²) in [4.78, 5) is 16.2. The molecule has 1 N–H and O–H groups in total. The van der Waals surface area contributed by atoms with Crippen LogP contribution in [0.25, 0.3) is 10.6 Å². The molecule has 0 unspecified atom stereocenters. The Hall–Kier alpha value is -2.59. The van der Waals surface area contributed by atoms with Gasteiger partial charge in [-0.2, -0.15) is 5.10 Å². The first kappa shape index (κ1) is 19.2. The van der Waals surface area contributed by atoms with Crippen LogP contribution in [0.2, 0.25) is 0 Å². The van der Waals surface area contributed by atoms with Gasteiger partial charge < -0.3 is 5.32 Å². The number of thiazole rings is 1. The summed E-state index contributed by atoms with van der Waals surface area (Å²) in [7, 11) is -1.74. The van der Waals surface area contributed by atoms with Gasteiger partial charge in [-0.1, -0.05) is 12.1 Å². The largest absolute Gasteiger partial charge is 0.324 e. The van der Waals surface area contributed by atoms with Crippen molar-refractivity contribution < 1.29 is 17.6 Å². The highest BCUT2D eigenvalue weighted by Crippen LogP contribution is 2.24. The fraction of sp³-hybridized carbons (Fsp3) is 0.235. The standard InChI is InChI=1S/C17H17FN4O3S2/c1-22-9-12(8-19-22)17-20-13(10-26-17)11-27(24,25)7-6-16(23)21-15-5-3-2-4-14(15)18/h2-5,8-10H,6-7,11H2,1H3,(H,21,23). The summed E-state index contributed by atoms with van der Waals surface area (Å²) in [6.07, 6.45) is 3.20. The quantitative estimate of drug-likeness (QED) is 0.649. The number of rotatable bonds is 7. The second-order valence-electron chi connectivity index (χ2n) is 5.92. The third-order valence-electron chi connectivity index (χ3n) is 3.66. The summed E-state index contributed by atoms with van der Waals surface area (Å²) >= 11 is 1.33.